The Balaban J connectivity index is 2.48. The zero-order valence-corrected chi connectivity index (χ0v) is 13.8. The van der Waals surface area contributed by atoms with Crippen molar-refractivity contribution in [2.24, 2.45) is 0 Å². The monoisotopic (exact) mass is 318 g/mol. The van der Waals surface area contributed by atoms with E-state index in [0.29, 0.717) is 6.61 Å². The van der Waals surface area contributed by atoms with Crippen LogP contribution in [0.4, 0.5) is 11.4 Å². The molecule has 2 aromatic carbocycles. The predicted molar refractivity (Wildman–Crippen MR) is 94.4 cm³/mol. The number of ether oxygens (including phenoxy) is 1. The molecule has 0 aliphatic rings. The second kappa shape index (κ2) is 7.52. The Morgan fingerprint density at radius 1 is 1.09 bits per heavy atom. The third-order valence-corrected chi connectivity index (χ3v) is 4.24. The number of methoxy groups -OCH3 is 1. The van der Waals surface area contributed by atoms with Crippen molar-refractivity contribution in [3.8, 4) is 0 Å². The van der Waals surface area contributed by atoms with Crippen molar-refractivity contribution >= 4 is 23.0 Å². The molecule has 2 aromatic rings. The van der Waals surface area contributed by atoms with Gasteiger partial charge >= 0.3 is 0 Å². The Morgan fingerprint density at radius 2 is 1.82 bits per heavy atom. The smallest absolute Gasteiger partial charge is 0.0678 e. The number of rotatable bonds is 6. The van der Waals surface area contributed by atoms with E-state index in [1.807, 2.05) is 36.4 Å². The van der Waals surface area contributed by atoms with Gasteiger partial charge in [-0.25, -0.2) is 0 Å². The van der Waals surface area contributed by atoms with Gasteiger partial charge in [0.05, 0.1) is 12.0 Å². The summed E-state index contributed by atoms with van der Waals surface area (Å²) in [5.41, 5.74) is 16.9. The second-order valence-electron chi connectivity index (χ2n) is 5.43. The van der Waals surface area contributed by atoms with E-state index >= 15 is 0 Å². The number of hydrogen-bond acceptors (Lipinski definition) is 3. The molecule has 2 rings (SSSR count). The fourth-order valence-electron chi connectivity index (χ4n) is 2.74. The summed E-state index contributed by atoms with van der Waals surface area (Å²) in [6, 6.07) is 14.0. The van der Waals surface area contributed by atoms with Crippen molar-refractivity contribution in [2.45, 2.75) is 24.6 Å². The van der Waals surface area contributed by atoms with Gasteiger partial charge in [-0.2, -0.15) is 0 Å². The number of nitrogen functional groups attached to an aromatic ring is 2. The molecule has 22 heavy (non-hydrogen) atoms. The van der Waals surface area contributed by atoms with Crippen molar-refractivity contribution in [3.63, 3.8) is 0 Å². The van der Waals surface area contributed by atoms with Crippen LogP contribution in [0.2, 0.25) is 0 Å². The Bertz CT molecular complexity index is 630. The molecule has 0 saturated carbocycles. The number of anilines is 2. The molecule has 0 aromatic heterocycles. The first-order chi connectivity index (χ1) is 10.6. The number of aryl methyl sites for hydroxylation is 1. The molecular formula is C18H23ClN2O. The van der Waals surface area contributed by atoms with Crippen molar-refractivity contribution in [1.82, 2.24) is 0 Å². The van der Waals surface area contributed by atoms with E-state index in [2.05, 4.69) is 13.0 Å². The number of hydrogen-bond donors (Lipinski definition) is 2. The highest BCUT2D eigenvalue weighted by molar-refractivity contribution is 6.21. The zero-order valence-electron chi connectivity index (χ0n) is 13.1. The minimum absolute atomic E-state index is 0.0102. The SMILES string of the molecule is CCc1cc(C(c2cccc(N)c2)C(Cl)COC)ccc1N. The fourth-order valence-corrected chi connectivity index (χ4v) is 3.16. The van der Waals surface area contributed by atoms with Gasteiger partial charge in [0.15, 0.2) is 0 Å². The standard InChI is InChI=1S/C18H23ClN2O/c1-3-12-9-14(7-8-17(12)21)18(16(19)11-22-2)13-5-4-6-15(20)10-13/h4-10,16,18H,3,11,20-21H2,1-2H3. The topological polar surface area (TPSA) is 61.3 Å². The largest absolute Gasteiger partial charge is 0.399 e. The molecule has 0 bridgehead atoms. The zero-order chi connectivity index (χ0) is 16.1. The second-order valence-corrected chi connectivity index (χ2v) is 5.99. The van der Waals surface area contributed by atoms with Crippen LogP contribution in [0.25, 0.3) is 0 Å². The van der Waals surface area contributed by atoms with Gasteiger partial charge < -0.3 is 16.2 Å². The molecule has 118 valence electrons. The van der Waals surface area contributed by atoms with Crippen molar-refractivity contribution in [1.29, 1.82) is 0 Å². The Labute approximate surface area is 137 Å². The van der Waals surface area contributed by atoms with Gasteiger partial charge in [-0.3, -0.25) is 0 Å². The summed E-state index contributed by atoms with van der Waals surface area (Å²) in [7, 11) is 1.66. The molecule has 4 heteroatoms. The molecule has 2 atom stereocenters. The van der Waals surface area contributed by atoms with Crippen LogP contribution < -0.4 is 11.5 Å². The maximum atomic E-state index is 6.61. The first-order valence-electron chi connectivity index (χ1n) is 7.43. The molecule has 0 saturated heterocycles. The maximum absolute atomic E-state index is 6.61. The number of nitrogens with two attached hydrogens (primary N) is 2. The van der Waals surface area contributed by atoms with Crippen molar-refractivity contribution in [2.75, 3.05) is 25.2 Å². The molecule has 0 heterocycles. The van der Waals surface area contributed by atoms with E-state index in [9.17, 15) is 0 Å². The van der Waals surface area contributed by atoms with Gasteiger partial charge in [-0.1, -0.05) is 31.2 Å². The molecule has 0 fully saturated rings. The van der Waals surface area contributed by atoms with Crippen LogP contribution in [0, 0.1) is 0 Å². The highest BCUT2D eigenvalue weighted by Crippen LogP contribution is 2.34. The molecule has 0 amide bonds. The summed E-state index contributed by atoms with van der Waals surface area (Å²) < 4.78 is 5.25. The van der Waals surface area contributed by atoms with Gasteiger partial charge in [0.2, 0.25) is 0 Å². The third-order valence-electron chi connectivity index (χ3n) is 3.86. The van der Waals surface area contributed by atoms with E-state index in [4.69, 9.17) is 27.8 Å². The molecule has 2 unspecified atom stereocenters. The first kappa shape index (κ1) is 16.7. The molecule has 4 N–H and O–H groups in total. The minimum Gasteiger partial charge on any atom is -0.399 e. The lowest BCUT2D eigenvalue weighted by molar-refractivity contribution is 0.194. The van der Waals surface area contributed by atoms with E-state index in [1.165, 1.54) is 0 Å². The van der Waals surface area contributed by atoms with Gasteiger partial charge in [0.25, 0.3) is 0 Å². The lowest BCUT2D eigenvalue weighted by Crippen LogP contribution is -2.20. The van der Waals surface area contributed by atoms with Gasteiger partial charge in [-0.15, -0.1) is 11.6 Å². The van der Waals surface area contributed by atoms with Crippen LogP contribution >= 0.6 is 11.6 Å². The summed E-state index contributed by atoms with van der Waals surface area (Å²) in [6.45, 7) is 2.56. The van der Waals surface area contributed by atoms with E-state index in [1.54, 1.807) is 7.11 Å². The number of alkyl halides is 1. The summed E-state index contributed by atoms with van der Waals surface area (Å²) in [5, 5.41) is -0.180. The molecule has 0 aliphatic carbocycles. The lowest BCUT2D eigenvalue weighted by Gasteiger charge is -2.24. The average molecular weight is 319 g/mol. The molecule has 0 radical (unpaired) electrons. The van der Waals surface area contributed by atoms with Crippen LogP contribution in [0.3, 0.4) is 0 Å². The normalized spacial score (nSPS) is 13.8. The van der Waals surface area contributed by atoms with Crippen LogP contribution in [0.15, 0.2) is 42.5 Å². The van der Waals surface area contributed by atoms with Crippen molar-refractivity contribution in [3.05, 3.63) is 59.2 Å². The average Bonchev–Trinajstić information content (AvgIpc) is 2.49. The molecule has 0 spiro atoms. The quantitative estimate of drug-likeness (QED) is 0.629. The fraction of sp³-hybridized carbons (Fsp3) is 0.333. The van der Waals surface area contributed by atoms with Crippen LogP contribution in [0.1, 0.15) is 29.5 Å². The van der Waals surface area contributed by atoms with Gasteiger partial charge in [0, 0.05) is 24.4 Å². The summed E-state index contributed by atoms with van der Waals surface area (Å²) in [6.07, 6.45) is 0.889. The molecular weight excluding hydrogens is 296 g/mol. The van der Waals surface area contributed by atoms with Crippen LogP contribution in [-0.4, -0.2) is 19.1 Å². The van der Waals surface area contributed by atoms with Gasteiger partial charge in [-0.05, 0) is 41.3 Å². The van der Waals surface area contributed by atoms with Crippen molar-refractivity contribution < 1.29 is 4.74 Å². The third kappa shape index (κ3) is 3.73. The molecule has 3 nitrogen and oxygen atoms in total. The molecule has 0 aliphatic heterocycles. The Morgan fingerprint density at radius 3 is 2.45 bits per heavy atom. The Kier molecular flexibility index (Phi) is 5.69. The predicted octanol–water partition coefficient (Wildman–Crippen LogP) is 3.80. The summed E-state index contributed by atoms with van der Waals surface area (Å²) in [4.78, 5) is 0. The van der Waals surface area contributed by atoms with E-state index in [-0.39, 0.29) is 11.3 Å². The first-order valence-corrected chi connectivity index (χ1v) is 7.87. The number of halogens is 1. The van der Waals surface area contributed by atoms with Crippen LogP contribution in [0.5, 0.6) is 0 Å². The summed E-state index contributed by atoms with van der Waals surface area (Å²) >= 11 is 6.61. The maximum Gasteiger partial charge on any atom is 0.0678 e. The number of benzene rings is 2. The highest BCUT2D eigenvalue weighted by atomic mass is 35.5. The van der Waals surface area contributed by atoms with Gasteiger partial charge in [0.1, 0.15) is 0 Å². The Hall–Kier alpha value is -1.71. The highest BCUT2D eigenvalue weighted by Gasteiger charge is 2.24. The lowest BCUT2D eigenvalue weighted by atomic mass is 9.87. The minimum atomic E-state index is -0.180. The van der Waals surface area contributed by atoms with E-state index in [0.717, 1.165) is 34.5 Å². The summed E-state index contributed by atoms with van der Waals surface area (Å²) in [5.74, 6) is 0.0102. The van der Waals surface area contributed by atoms with E-state index < -0.39 is 0 Å². The van der Waals surface area contributed by atoms with Crippen LogP contribution in [-0.2, 0) is 11.2 Å².